The number of esters is 1. The maximum Gasteiger partial charge on any atom is 0.347 e. The molecule has 1 aromatic heterocycles. The van der Waals surface area contributed by atoms with Crippen LogP contribution in [0.3, 0.4) is 0 Å². The molecule has 0 radical (unpaired) electrons. The lowest BCUT2D eigenvalue weighted by molar-refractivity contribution is 0.0729. The molecular formula is C27H21NO5. The fourth-order valence-electron chi connectivity index (χ4n) is 4.08. The Labute approximate surface area is 190 Å². The van der Waals surface area contributed by atoms with Gasteiger partial charge in [-0.05, 0) is 43.3 Å². The van der Waals surface area contributed by atoms with E-state index < -0.39 is 5.97 Å². The van der Waals surface area contributed by atoms with E-state index in [2.05, 4.69) is 0 Å². The first-order valence-corrected chi connectivity index (χ1v) is 10.4. The summed E-state index contributed by atoms with van der Waals surface area (Å²) in [7, 11) is 3.46. The van der Waals surface area contributed by atoms with Gasteiger partial charge in [-0.3, -0.25) is 4.79 Å². The Morgan fingerprint density at radius 2 is 1.76 bits per heavy atom. The van der Waals surface area contributed by atoms with Crippen LogP contribution in [-0.2, 0) is 7.05 Å². The molecule has 33 heavy (non-hydrogen) atoms. The molecule has 1 aliphatic heterocycles. The molecule has 4 aromatic rings. The van der Waals surface area contributed by atoms with Gasteiger partial charge in [-0.2, -0.15) is 0 Å². The fraction of sp³-hybridized carbons (Fsp3) is 0.111. The zero-order valence-electron chi connectivity index (χ0n) is 18.4. The lowest BCUT2D eigenvalue weighted by atomic mass is 10.1. The second-order valence-electron chi connectivity index (χ2n) is 7.81. The highest BCUT2D eigenvalue weighted by molar-refractivity contribution is 6.15. The molecule has 6 heteroatoms. The lowest BCUT2D eigenvalue weighted by Gasteiger charge is -2.11. The maximum absolute atomic E-state index is 13.0. The number of rotatable bonds is 4. The number of hydrogen-bond acceptors (Lipinski definition) is 5. The molecule has 0 unspecified atom stereocenters. The number of carbonyl (C=O) groups excluding carboxylic acids is 2. The highest BCUT2D eigenvalue weighted by Crippen LogP contribution is 2.40. The lowest BCUT2D eigenvalue weighted by Crippen LogP contribution is -2.11. The van der Waals surface area contributed by atoms with Gasteiger partial charge in [0.05, 0.1) is 12.7 Å². The van der Waals surface area contributed by atoms with E-state index in [0.717, 1.165) is 16.5 Å². The van der Waals surface area contributed by atoms with Crippen molar-refractivity contribution in [3.8, 4) is 17.2 Å². The van der Waals surface area contributed by atoms with Crippen LogP contribution >= 0.6 is 0 Å². The largest absolute Gasteiger partial charge is 0.496 e. The van der Waals surface area contributed by atoms with Crippen molar-refractivity contribution in [3.63, 3.8) is 0 Å². The molecule has 2 heterocycles. The van der Waals surface area contributed by atoms with Crippen LogP contribution in [0.5, 0.6) is 17.2 Å². The van der Waals surface area contributed by atoms with Crippen molar-refractivity contribution >= 4 is 28.7 Å². The first-order chi connectivity index (χ1) is 16.0. The van der Waals surface area contributed by atoms with Crippen molar-refractivity contribution in [2.45, 2.75) is 6.92 Å². The molecule has 6 nitrogen and oxygen atoms in total. The molecule has 164 valence electrons. The third-order valence-electron chi connectivity index (χ3n) is 5.78. The number of ether oxygens (including phenoxy) is 3. The summed E-state index contributed by atoms with van der Waals surface area (Å²) in [6.45, 7) is 1.76. The summed E-state index contributed by atoms with van der Waals surface area (Å²) < 4.78 is 18.8. The number of aromatic nitrogens is 1. The summed E-state index contributed by atoms with van der Waals surface area (Å²) in [5.74, 6) is 0.626. The highest BCUT2D eigenvalue weighted by Gasteiger charge is 2.31. The fourth-order valence-corrected chi connectivity index (χ4v) is 4.08. The van der Waals surface area contributed by atoms with Gasteiger partial charge in [0.2, 0.25) is 5.78 Å². The third kappa shape index (κ3) is 3.46. The topological polar surface area (TPSA) is 66.8 Å². The summed E-state index contributed by atoms with van der Waals surface area (Å²) in [6, 6.07) is 18.0. The second kappa shape index (κ2) is 7.98. The van der Waals surface area contributed by atoms with Crippen molar-refractivity contribution in [1.29, 1.82) is 0 Å². The van der Waals surface area contributed by atoms with Gasteiger partial charge in [0.1, 0.15) is 22.8 Å². The average Bonchev–Trinajstić information content (AvgIpc) is 3.33. The minimum atomic E-state index is -0.550. The highest BCUT2D eigenvalue weighted by atomic mass is 16.5. The number of aryl methyl sites for hydroxylation is 1. The number of hydrogen-bond donors (Lipinski definition) is 0. The van der Waals surface area contributed by atoms with Gasteiger partial charge in [0.25, 0.3) is 0 Å². The van der Waals surface area contributed by atoms with Gasteiger partial charge in [0, 0.05) is 35.3 Å². The minimum absolute atomic E-state index is 0.205. The van der Waals surface area contributed by atoms with E-state index in [1.54, 1.807) is 49.4 Å². The molecule has 0 saturated carbocycles. The summed E-state index contributed by atoms with van der Waals surface area (Å²) in [4.78, 5) is 25.7. The SMILES string of the molecule is COc1ccccc1C(=O)Oc1ccc2c(c1C)O/C(=C/c1cn(C)c3ccccc13)C2=O. The van der Waals surface area contributed by atoms with Crippen molar-refractivity contribution in [2.24, 2.45) is 7.05 Å². The Morgan fingerprint density at radius 3 is 2.58 bits per heavy atom. The molecule has 0 amide bonds. The molecule has 3 aromatic carbocycles. The van der Waals surface area contributed by atoms with Gasteiger partial charge in [0.15, 0.2) is 5.76 Å². The molecule has 0 spiro atoms. The third-order valence-corrected chi connectivity index (χ3v) is 5.78. The number of nitrogens with zero attached hydrogens (tertiary/aromatic N) is 1. The van der Waals surface area contributed by atoms with Crippen LogP contribution in [0.2, 0.25) is 0 Å². The second-order valence-corrected chi connectivity index (χ2v) is 7.81. The predicted molar refractivity (Wildman–Crippen MR) is 125 cm³/mol. The van der Waals surface area contributed by atoms with E-state index >= 15 is 0 Å². The molecule has 1 aliphatic rings. The van der Waals surface area contributed by atoms with E-state index in [1.807, 2.05) is 42.1 Å². The number of carbonyl (C=O) groups is 2. The van der Waals surface area contributed by atoms with Crippen LogP contribution < -0.4 is 14.2 Å². The van der Waals surface area contributed by atoms with Crippen LogP contribution in [0.4, 0.5) is 0 Å². The van der Waals surface area contributed by atoms with E-state index in [-0.39, 0.29) is 11.5 Å². The van der Waals surface area contributed by atoms with Crippen LogP contribution in [0.1, 0.15) is 31.8 Å². The van der Waals surface area contributed by atoms with Gasteiger partial charge in [-0.15, -0.1) is 0 Å². The summed E-state index contributed by atoms with van der Waals surface area (Å²) in [6.07, 6.45) is 3.72. The standard InChI is InChI=1S/C27H21NO5/c1-16-22(33-27(30)19-9-5-7-11-23(19)31-3)13-12-20-25(29)24(32-26(16)20)14-17-15-28(2)21-10-6-4-8-18(17)21/h4-15H,1-3H3/b24-14+. The summed E-state index contributed by atoms with van der Waals surface area (Å²) in [5, 5.41) is 1.03. The maximum atomic E-state index is 13.0. The molecule has 0 aliphatic carbocycles. The first kappa shape index (κ1) is 20.6. The van der Waals surface area contributed by atoms with Crippen LogP contribution in [0.25, 0.3) is 17.0 Å². The number of para-hydroxylation sites is 2. The van der Waals surface area contributed by atoms with Gasteiger partial charge < -0.3 is 18.8 Å². The Morgan fingerprint density at radius 1 is 1.00 bits per heavy atom. The van der Waals surface area contributed by atoms with E-state index in [0.29, 0.717) is 33.9 Å². The van der Waals surface area contributed by atoms with Crippen molar-refractivity contribution in [2.75, 3.05) is 7.11 Å². The molecule has 0 fully saturated rings. The predicted octanol–water partition coefficient (Wildman–Crippen LogP) is 5.33. The quantitative estimate of drug-likeness (QED) is 0.244. The minimum Gasteiger partial charge on any atom is -0.496 e. The first-order valence-electron chi connectivity index (χ1n) is 10.4. The van der Waals surface area contributed by atoms with Crippen molar-refractivity contribution in [3.05, 3.63) is 94.9 Å². The molecular weight excluding hydrogens is 418 g/mol. The monoisotopic (exact) mass is 439 g/mol. The molecule has 0 atom stereocenters. The zero-order valence-corrected chi connectivity index (χ0v) is 18.4. The number of Topliss-reactive ketones (excluding diaryl/α,β-unsaturated/α-hetero) is 1. The Kier molecular flexibility index (Phi) is 4.98. The number of fused-ring (bicyclic) bond motifs is 2. The van der Waals surface area contributed by atoms with E-state index in [9.17, 15) is 9.59 Å². The zero-order chi connectivity index (χ0) is 23.1. The van der Waals surface area contributed by atoms with Gasteiger partial charge in [-0.1, -0.05) is 30.3 Å². The van der Waals surface area contributed by atoms with Gasteiger partial charge in [-0.25, -0.2) is 4.79 Å². The Bertz CT molecular complexity index is 1460. The molecule has 0 bridgehead atoms. The number of allylic oxidation sites excluding steroid dienone is 1. The van der Waals surface area contributed by atoms with Crippen LogP contribution in [-0.4, -0.2) is 23.4 Å². The average molecular weight is 439 g/mol. The van der Waals surface area contributed by atoms with E-state index in [4.69, 9.17) is 14.2 Å². The Balaban J connectivity index is 1.47. The number of ketones is 1. The number of methoxy groups -OCH3 is 1. The van der Waals surface area contributed by atoms with Crippen molar-refractivity contribution in [1.82, 2.24) is 4.57 Å². The number of benzene rings is 3. The summed E-state index contributed by atoms with van der Waals surface area (Å²) >= 11 is 0. The smallest absolute Gasteiger partial charge is 0.347 e. The summed E-state index contributed by atoms with van der Waals surface area (Å²) in [5.41, 5.74) is 3.29. The van der Waals surface area contributed by atoms with E-state index in [1.165, 1.54) is 7.11 Å². The van der Waals surface area contributed by atoms with Crippen molar-refractivity contribution < 1.29 is 23.8 Å². The van der Waals surface area contributed by atoms with Crippen LogP contribution in [0.15, 0.2) is 72.6 Å². The molecule has 0 saturated heterocycles. The normalized spacial score (nSPS) is 13.8. The van der Waals surface area contributed by atoms with Crippen LogP contribution in [0, 0.1) is 6.92 Å². The van der Waals surface area contributed by atoms with Gasteiger partial charge >= 0.3 is 5.97 Å². The molecule has 0 N–H and O–H groups in total. The Hall–Kier alpha value is -4.32. The molecule has 5 rings (SSSR count).